The number of ether oxygens (including phenoxy) is 1. The van der Waals surface area contributed by atoms with Crippen LogP contribution in [0.4, 0.5) is 0 Å². The number of hydrogen-bond acceptors (Lipinski definition) is 4. The third kappa shape index (κ3) is 2.92. The van der Waals surface area contributed by atoms with E-state index in [0.29, 0.717) is 17.4 Å². The molecule has 20 heavy (non-hydrogen) atoms. The largest absolute Gasteiger partial charge is 0.472 e. The monoisotopic (exact) mass is 276 g/mol. The van der Waals surface area contributed by atoms with Gasteiger partial charge in [0.2, 0.25) is 5.88 Å². The molecular weight excluding hydrogens is 252 g/mol. The van der Waals surface area contributed by atoms with E-state index in [1.165, 1.54) is 19.3 Å². The van der Waals surface area contributed by atoms with Gasteiger partial charge in [-0.1, -0.05) is 13.3 Å². The molecule has 0 aliphatic heterocycles. The van der Waals surface area contributed by atoms with Crippen molar-refractivity contribution in [1.82, 2.24) is 10.2 Å². The number of hydrogen-bond donors (Lipinski definition) is 2. The van der Waals surface area contributed by atoms with E-state index in [0.717, 1.165) is 24.1 Å². The SMILES string of the molecule is CCC1CCCCC1Oc1nnc(C)c(C)c1C(=N)N. The van der Waals surface area contributed by atoms with Gasteiger partial charge in [-0.2, -0.15) is 5.10 Å². The molecule has 1 aromatic heterocycles. The lowest BCUT2D eigenvalue weighted by atomic mass is 9.85. The Balaban J connectivity index is 2.28. The lowest BCUT2D eigenvalue weighted by molar-refractivity contribution is 0.0845. The van der Waals surface area contributed by atoms with Gasteiger partial charge >= 0.3 is 0 Å². The minimum Gasteiger partial charge on any atom is -0.472 e. The molecule has 3 N–H and O–H groups in total. The van der Waals surface area contributed by atoms with E-state index < -0.39 is 0 Å². The zero-order valence-electron chi connectivity index (χ0n) is 12.6. The second-order valence-electron chi connectivity index (χ2n) is 5.61. The Kier molecular flexibility index (Phi) is 4.57. The van der Waals surface area contributed by atoms with E-state index in [-0.39, 0.29) is 11.9 Å². The third-order valence-corrected chi connectivity index (χ3v) is 4.32. The maximum atomic E-state index is 7.76. The fraction of sp³-hybridized carbons (Fsp3) is 0.667. The number of aryl methyl sites for hydroxylation is 1. The standard InChI is InChI=1S/C15H24N4O/c1-4-11-7-5-6-8-12(11)20-15-13(14(16)17)9(2)10(3)18-19-15/h11-12H,4-8H2,1-3H3,(H3,16,17). The van der Waals surface area contributed by atoms with Gasteiger partial charge in [0.25, 0.3) is 0 Å². The average molecular weight is 276 g/mol. The molecule has 0 radical (unpaired) electrons. The summed E-state index contributed by atoms with van der Waals surface area (Å²) in [6.45, 7) is 5.98. The minimum absolute atomic E-state index is 0.000595. The maximum Gasteiger partial charge on any atom is 0.245 e. The van der Waals surface area contributed by atoms with Crippen LogP contribution in [0.15, 0.2) is 0 Å². The zero-order valence-corrected chi connectivity index (χ0v) is 12.6. The number of rotatable bonds is 4. The van der Waals surface area contributed by atoms with Crippen LogP contribution in [0.1, 0.15) is 55.8 Å². The van der Waals surface area contributed by atoms with E-state index in [2.05, 4.69) is 17.1 Å². The molecule has 0 spiro atoms. The highest BCUT2D eigenvalue weighted by Crippen LogP contribution is 2.31. The van der Waals surface area contributed by atoms with Crippen LogP contribution in [0, 0.1) is 25.2 Å². The summed E-state index contributed by atoms with van der Waals surface area (Å²) < 4.78 is 6.09. The van der Waals surface area contributed by atoms with Gasteiger partial charge in [0.1, 0.15) is 11.9 Å². The second kappa shape index (κ2) is 6.20. The summed E-state index contributed by atoms with van der Waals surface area (Å²) in [7, 11) is 0. The van der Waals surface area contributed by atoms with Crippen molar-refractivity contribution in [3.8, 4) is 5.88 Å². The van der Waals surface area contributed by atoms with Crippen molar-refractivity contribution in [2.75, 3.05) is 0 Å². The summed E-state index contributed by atoms with van der Waals surface area (Å²) in [6.07, 6.45) is 5.99. The Labute approximate surface area is 120 Å². The zero-order chi connectivity index (χ0) is 14.7. The van der Waals surface area contributed by atoms with Gasteiger partial charge < -0.3 is 10.5 Å². The van der Waals surface area contributed by atoms with Crippen LogP contribution in [0.5, 0.6) is 5.88 Å². The lowest BCUT2D eigenvalue weighted by Crippen LogP contribution is -2.31. The molecule has 5 nitrogen and oxygen atoms in total. The summed E-state index contributed by atoms with van der Waals surface area (Å²) >= 11 is 0. The Hall–Kier alpha value is -1.65. The molecule has 1 fully saturated rings. The first-order chi connectivity index (χ1) is 9.54. The summed E-state index contributed by atoms with van der Waals surface area (Å²) in [4.78, 5) is 0. The van der Waals surface area contributed by atoms with E-state index in [4.69, 9.17) is 15.9 Å². The molecule has 1 saturated carbocycles. The van der Waals surface area contributed by atoms with Crippen molar-refractivity contribution in [3.05, 3.63) is 16.8 Å². The smallest absolute Gasteiger partial charge is 0.245 e. The number of nitrogen functional groups attached to an aromatic ring is 1. The fourth-order valence-corrected chi connectivity index (χ4v) is 2.93. The molecule has 2 rings (SSSR count). The lowest BCUT2D eigenvalue weighted by Gasteiger charge is -2.31. The van der Waals surface area contributed by atoms with E-state index in [1.54, 1.807) is 0 Å². The van der Waals surface area contributed by atoms with E-state index >= 15 is 0 Å². The number of aromatic nitrogens is 2. The van der Waals surface area contributed by atoms with Gasteiger partial charge in [-0.15, -0.1) is 5.10 Å². The molecule has 5 heteroatoms. The normalized spacial score (nSPS) is 22.6. The summed E-state index contributed by atoms with van der Waals surface area (Å²) in [5.41, 5.74) is 7.96. The Morgan fingerprint density at radius 2 is 2.00 bits per heavy atom. The van der Waals surface area contributed by atoms with Gasteiger partial charge in [-0.25, -0.2) is 0 Å². The molecule has 1 aromatic rings. The highest BCUT2D eigenvalue weighted by atomic mass is 16.5. The summed E-state index contributed by atoms with van der Waals surface area (Å²) in [6, 6.07) is 0. The van der Waals surface area contributed by atoms with Crippen molar-refractivity contribution in [3.63, 3.8) is 0 Å². The van der Waals surface area contributed by atoms with E-state index in [1.807, 2.05) is 13.8 Å². The van der Waals surface area contributed by atoms with Crippen LogP contribution < -0.4 is 10.5 Å². The van der Waals surface area contributed by atoms with Crippen molar-refractivity contribution in [2.24, 2.45) is 11.7 Å². The predicted octanol–water partition coefficient (Wildman–Crippen LogP) is 2.73. The molecule has 2 atom stereocenters. The average Bonchev–Trinajstić information content (AvgIpc) is 2.43. The molecule has 0 aromatic carbocycles. The third-order valence-electron chi connectivity index (χ3n) is 4.32. The number of nitrogens with zero attached hydrogens (tertiary/aromatic N) is 2. The molecule has 1 heterocycles. The highest BCUT2D eigenvalue weighted by Gasteiger charge is 2.27. The molecule has 110 valence electrons. The number of amidine groups is 1. The molecule has 1 aliphatic rings. The van der Waals surface area contributed by atoms with Crippen molar-refractivity contribution in [1.29, 1.82) is 5.41 Å². The van der Waals surface area contributed by atoms with Crippen LogP contribution in [0.2, 0.25) is 0 Å². The summed E-state index contributed by atoms with van der Waals surface area (Å²) in [5, 5.41) is 16.0. The van der Waals surface area contributed by atoms with Gasteiger partial charge in [-0.05, 0) is 51.0 Å². The number of nitrogens with one attached hydrogen (secondary N) is 1. The molecule has 0 amide bonds. The van der Waals surface area contributed by atoms with Crippen LogP contribution >= 0.6 is 0 Å². The van der Waals surface area contributed by atoms with Crippen molar-refractivity contribution < 1.29 is 4.74 Å². The Morgan fingerprint density at radius 3 is 2.65 bits per heavy atom. The van der Waals surface area contributed by atoms with Crippen LogP contribution in [0.25, 0.3) is 0 Å². The van der Waals surface area contributed by atoms with Crippen molar-refractivity contribution >= 4 is 5.84 Å². The van der Waals surface area contributed by atoms with Crippen LogP contribution in [-0.4, -0.2) is 22.1 Å². The van der Waals surface area contributed by atoms with Gasteiger partial charge in [0.05, 0.1) is 11.3 Å². The second-order valence-corrected chi connectivity index (χ2v) is 5.61. The maximum absolute atomic E-state index is 7.76. The van der Waals surface area contributed by atoms with Gasteiger partial charge in [0, 0.05) is 0 Å². The topological polar surface area (TPSA) is 84.9 Å². The van der Waals surface area contributed by atoms with E-state index in [9.17, 15) is 0 Å². The Bertz CT molecular complexity index is 501. The first kappa shape index (κ1) is 14.8. The van der Waals surface area contributed by atoms with Crippen molar-refractivity contribution in [2.45, 2.75) is 59.0 Å². The molecule has 0 bridgehead atoms. The number of nitrogens with two attached hydrogens (primary N) is 1. The van der Waals surface area contributed by atoms with Crippen LogP contribution in [0.3, 0.4) is 0 Å². The fourth-order valence-electron chi connectivity index (χ4n) is 2.93. The first-order valence-electron chi connectivity index (χ1n) is 7.39. The Morgan fingerprint density at radius 1 is 1.30 bits per heavy atom. The van der Waals surface area contributed by atoms with Gasteiger partial charge in [0.15, 0.2) is 0 Å². The minimum atomic E-state index is -0.000595. The quantitative estimate of drug-likeness (QED) is 0.654. The van der Waals surface area contributed by atoms with Crippen LogP contribution in [-0.2, 0) is 0 Å². The molecule has 1 aliphatic carbocycles. The van der Waals surface area contributed by atoms with Gasteiger partial charge in [-0.3, -0.25) is 5.41 Å². The first-order valence-corrected chi connectivity index (χ1v) is 7.39. The highest BCUT2D eigenvalue weighted by molar-refractivity contribution is 5.98. The predicted molar refractivity (Wildman–Crippen MR) is 79.2 cm³/mol. The molecule has 2 unspecified atom stereocenters. The molecular formula is C15H24N4O. The molecule has 0 saturated heterocycles. The summed E-state index contributed by atoms with van der Waals surface area (Å²) in [5.74, 6) is 0.984.